The SMILES string of the molecule is Cc1cc(C)nc(NC(=O)COC(=O)C2CC3C=CC2C3)n1. The van der Waals surface area contributed by atoms with Gasteiger partial charge in [-0.05, 0) is 44.6 Å². The van der Waals surface area contributed by atoms with Gasteiger partial charge in [0, 0.05) is 11.4 Å². The summed E-state index contributed by atoms with van der Waals surface area (Å²) in [4.78, 5) is 32.1. The van der Waals surface area contributed by atoms with E-state index in [2.05, 4.69) is 27.4 Å². The minimum Gasteiger partial charge on any atom is -0.455 e. The van der Waals surface area contributed by atoms with Gasteiger partial charge in [-0.15, -0.1) is 0 Å². The van der Waals surface area contributed by atoms with E-state index in [1.165, 1.54) is 0 Å². The first-order valence-electron chi connectivity index (χ1n) is 7.48. The van der Waals surface area contributed by atoms with Crippen LogP contribution in [0.4, 0.5) is 5.95 Å². The second kappa shape index (κ2) is 5.87. The van der Waals surface area contributed by atoms with E-state index >= 15 is 0 Å². The number of esters is 1. The summed E-state index contributed by atoms with van der Waals surface area (Å²) in [5.41, 5.74) is 1.54. The van der Waals surface area contributed by atoms with Crippen LogP contribution in [0.1, 0.15) is 24.2 Å². The fourth-order valence-corrected chi connectivity index (χ4v) is 3.24. The molecule has 1 saturated carbocycles. The van der Waals surface area contributed by atoms with Crippen LogP contribution >= 0.6 is 0 Å². The lowest BCUT2D eigenvalue weighted by Gasteiger charge is -2.16. The van der Waals surface area contributed by atoms with Crippen LogP contribution in [0.3, 0.4) is 0 Å². The Labute approximate surface area is 129 Å². The summed E-state index contributed by atoms with van der Waals surface area (Å²) in [5, 5.41) is 2.55. The Morgan fingerprint density at radius 1 is 1.23 bits per heavy atom. The standard InChI is InChI=1S/C16H19N3O3/c1-9-5-10(2)18-16(17-9)19-14(20)8-22-15(21)13-7-11-3-4-12(13)6-11/h3-5,11-13H,6-8H2,1-2H3,(H,17,18,19,20). The van der Waals surface area contributed by atoms with Crippen molar-refractivity contribution in [2.75, 3.05) is 11.9 Å². The van der Waals surface area contributed by atoms with Crippen LogP contribution in [-0.4, -0.2) is 28.5 Å². The normalized spacial score (nSPS) is 25.3. The van der Waals surface area contributed by atoms with Gasteiger partial charge >= 0.3 is 5.97 Å². The fourth-order valence-electron chi connectivity index (χ4n) is 3.24. The van der Waals surface area contributed by atoms with Crippen molar-refractivity contribution < 1.29 is 14.3 Å². The molecule has 0 aliphatic heterocycles. The van der Waals surface area contributed by atoms with Gasteiger partial charge in [0.2, 0.25) is 5.95 Å². The molecule has 3 rings (SSSR count). The number of aryl methyl sites for hydroxylation is 2. The molecule has 1 heterocycles. The number of carbonyl (C=O) groups excluding carboxylic acids is 2. The zero-order valence-electron chi connectivity index (χ0n) is 12.7. The van der Waals surface area contributed by atoms with E-state index in [0.717, 1.165) is 24.2 Å². The third kappa shape index (κ3) is 3.16. The van der Waals surface area contributed by atoms with E-state index in [9.17, 15) is 9.59 Å². The molecule has 2 aliphatic rings. The molecule has 22 heavy (non-hydrogen) atoms. The van der Waals surface area contributed by atoms with Gasteiger partial charge in [-0.25, -0.2) is 9.97 Å². The van der Waals surface area contributed by atoms with Crippen molar-refractivity contribution in [2.45, 2.75) is 26.7 Å². The molecule has 1 fully saturated rings. The number of amides is 1. The number of nitrogens with one attached hydrogen (secondary N) is 1. The van der Waals surface area contributed by atoms with Crippen LogP contribution in [-0.2, 0) is 14.3 Å². The monoisotopic (exact) mass is 301 g/mol. The van der Waals surface area contributed by atoms with Gasteiger partial charge in [-0.1, -0.05) is 12.2 Å². The third-order valence-electron chi connectivity index (χ3n) is 4.16. The molecule has 2 aliphatic carbocycles. The van der Waals surface area contributed by atoms with Crippen molar-refractivity contribution in [3.8, 4) is 0 Å². The largest absolute Gasteiger partial charge is 0.455 e. The van der Waals surface area contributed by atoms with E-state index in [-0.39, 0.29) is 30.4 Å². The van der Waals surface area contributed by atoms with Crippen LogP contribution in [0.5, 0.6) is 0 Å². The summed E-state index contributed by atoms with van der Waals surface area (Å²) < 4.78 is 5.13. The Morgan fingerprint density at radius 2 is 1.95 bits per heavy atom. The quantitative estimate of drug-likeness (QED) is 0.677. The van der Waals surface area contributed by atoms with Crippen LogP contribution < -0.4 is 5.32 Å². The minimum absolute atomic E-state index is 0.0970. The first-order valence-corrected chi connectivity index (χ1v) is 7.48. The van der Waals surface area contributed by atoms with Gasteiger partial charge in [0.05, 0.1) is 5.92 Å². The lowest BCUT2D eigenvalue weighted by Crippen LogP contribution is -2.27. The van der Waals surface area contributed by atoms with Crippen molar-refractivity contribution in [2.24, 2.45) is 17.8 Å². The van der Waals surface area contributed by atoms with Crippen LogP contribution in [0.25, 0.3) is 0 Å². The van der Waals surface area contributed by atoms with E-state index in [1.54, 1.807) is 0 Å². The molecule has 3 atom stereocenters. The smallest absolute Gasteiger partial charge is 0.310 e. The number of carbonyl (C=O) groups is 2. The number of aromatic nitrogens is 2. The van der Waals surface area contributed by atoms with Crippen molar-refractivity contribution in [1.82, 2.24) is 9.97 Å². The molecule has 1 amide bonds. The Hall–Kier alpha value is -2.24. The van der Waals surface area contributed by atoms with E-state index in [4.69, 9.17) is 4.74 Å². The summed E-state index contributed by atoms with van der Waals surface area (Å²) in [6.45, 7) is 3.35. The van der Waals surface area contributed by atoms with Crippen molar-refractivity contribution >= 4 is 17.8 Å². The third-order valence-corrected chi connectivity index (χ3v) is 4.16. The highest BCUT2D eigenvalue weighted by molar-refractivity contribution is 5.91. The summed E-state index contributed by atoms with van der Waals surface area (Å²) >= 11 is 0. The first kappa shape index (κ1) is 14.7. The second-order valence-corrected chi connectivity index (χ2v) is 6.02. The van der Waals surface area contributed by atoms with Gasteiger partial charge in [0.15, 0.2) is 6.61 Å². The molecule has 6 heteroatoms. The molecular weight excluding hydrogens is 282 g/mol. The van der Waals surface area contributed by atoms with Crippen molar-refractivity contribution in [3.05, 3.63) is 29.6 Å². The fraction of sp³-hybridized carbons (Fsp3) is 0.500. The molecule has 0 radical (unpaired) electrons. The highest BCUT2D eigenvalue weighted by Gasteiger charge is 2.40. The maximum Gasteiger partial charge on any atom is 0.310 e. The van der Waals surface area contributed by atoms with E-state index in [1.807, 2.05) is 19.9 Å². The molecule has 0 saturated heterocycles. The number of rotatable bonds is 4. The Kier molecular flexibility index (Phi) is 3.92. The van der Waals surface area contributed by atoms with E-state index in [0.29, 0.717) is 5.92 Å². The summed E-state index contributed by atoms with van der Waals surface area (Å²) in [7, 11) is 0. The van der Waals surface area contributed by atoms with Crippen LogP contribution in [0, 0.1) is 31.6 Å². The predicted octanol–water partition coefficient (Wildman–Crippen LogP) is 1.79. The maximum absolute atomic E-state index is 12.0. The first-order chi connectivity index (χ1) is 10.5. The molecule has 1 aromatic heterocycles. The lowest BCUT2D eigenvalue weighted by molar-refractivity contribution is -0.152. The topological polar surface area (TPSA) is 81.2 Å². The Balaban J connectivity index is 1.50. The second-order valence-electron chi connectivity index (χ2n) is 6.02. The average molecular weight is 301 g/mol. The highest BCUT2D eigenvalue weighted by atomic mass is 16.5. The molecule has 6 nitrogen and oxygen atoms in total. The number of nitrogens with zero attached hydrogens (tertiary/aromatic N) is 2. The summed E-state index contributed by atoms with van der Waals surface area (Å²) in [6, 6.07) is 1.82. The Morgan fingerprint density at radius 3 is 2.55 bits per heavy atom. The molecule has 0 spiro atoms. The predicted molar refractivity (Wildman–Crippen MR) is 79.9 cm³/mol. The van der Waals surface area contributed by atoms with Gasteiger partial charge in [0.1, 0.15) is 0 Å². The number of hydrogen-bond donors (Lipinski definition) is 1. The van der Waals surface area contributed by atoms with Gasteiger partial charge in [-0.3, -0.25) is 14.9 Å². The molecule has 3 unspecified atom stereocenters. The summed E-state index contributed by atoms with van der Waals surface area (Å²) in [5.74, 6) is 0.218. The zero-order valence-corrected chi connectivity index (χ0v) is 12.7. The highest BCUT2D eigenvalue weighted by Crippen LogP contribution is 2.43. The van der Waals surface area contributed by atoms with Gasteiger partial charge < -0.3 is 4.74 Å². The number of allylic oxidation sites excluding steroid dienone is 2. The lowest BCUT2D eigenvalue weighted by atomic mass is 9.94. The van der Waals surface area contributed by atoms with Crippen molar-refractivity contribution in [1.29, 1.82) is 0 Å². The summed E-state index contributed by atoms with van der Waals surface area (Å²) in [6.07, 6.45) is 6.12. The zero-order chi connectivity index (χ0) is 15.7. The van der Waals surface area contributed by atoms with Gasteiger partial charge in [0.25, 0.3) is 5.91 Å². The molecule has 0 aromatic carbocycles. The number of fused-ring (bicyclic) bond motifs is 2. The molecular formula is C16H19N3O3. The number of anilines is 1. The maximum atomic E-state index is 12.0. The molecule has 1 N–H and O–H groups in total. The molecule has 116 valence electrons. The van der Waals surface area contributed by atoms with Crippen molar-refractivity contribution in [3.63, 3.8) is 0 Å². The molecule has 1 aromatic rings. The number of ether oxygens (including phenoxy) is 1. The Bertz CT molecular complexity index is 621. The minimum atomic E-state index is -0.419. The number of hydrogen-bond acceptors (Lipinski definition) is 5. The van der Waals surface area contributed by atoms with E-state index < -0.39 is 5.91 Å². The van der Waals surface area contributed by atoms with Gasteiger partial charge in [-0.2, -0.15) is 0 Å². The average Bonchev–Trinajstić information content (AvgIpc) is 3.06. The molecule has 2 bridgehead atoms. The van der Waals surface area contributed by atoms with Crippen LogP contribution in [0.2, 0.25) is 0 Å². The van der Waals surface area contributed by atoms with Crippen LogP contribution in [0.15, 0.2) is 18.2 Å².